The monoisotopic (exact) mass is 371 g/mol. The number of carbonyl (C=O) groups is 2. The first kappa shape index (κ1) is 20.3. The van der Waals surface area contributed by atoms with E-state index in [1.165, 1.54) is 25.8 Å². The Hall–Kier alpha value is -3.02. The zero-order valence-corrected chi connectivity index (χ0v) is 16.4. The van der Waals surface area contributed by atoms with E-state index in [9.17, 15) is 9.59 Å². The third kappa shape index (κ3) is 5.23. The van der Waals surface area contributed by atoms with Gasteiger partial charge in [0.2, 0.25) is 0 Å². The molecule has 0 spiro atoms. The molecule has 0 unspecified atom stereocenters. The Morgan fingerprint density at radius 2 is 1.67 bits per heavy atom. The summed E-state index contributed by atoms with van der Waals surface area (Å²) in [5.41, 5.74) is 3.64. The predicted molar refractivity (Wildman–Crippen MR) is 102 cm³/mol. The van der Waals surface area contributed by atoms with Gasteiger partial charge in [0.1, 0.15) is 0 Å². The smallest absolute Gasteiger partial charge is 0.338 e. The summed E-state index contributed by atoms with van der Waals surface area (Å²) in [6, 6.07) is 10.8. The minimum atomic E-state index is -0.593. The minimum Gasteiger partial charge on any atom is -0.493 e. The number of amides is 1. The molecule has 2 aromatic rings. The molecular weight excluding hydrogens is 346 g/mol. The summed E-state index contributed by atoms with van der Waals surface area (Å²) in [6.45, 7) is 4.17. The molecule has 0 radical (unpaired) electrons. The quantitative estimate of drug-likeness (QED) is 0.700. The fourth-order valence-corrected chi connectivity index (χ4v) is 2.65. The summed E-state index contributed by atoms with van der Waals surface area (Å²) in [4.78, 5) is 26.0. The number of aryl methyl sites for hydroxylation is 2. The number of carbonyl (C=O) groups excluding carboxylic acids is 2. The summed E-state index contributed by atoms with van der Waals surface area (Å²) in [6.07, 6.45) is 0. The summed E-state index contributed by atoms with van der Waals surface area (Å²) < 4.78 is 15.4. The molecule has 0 saturated heterocycles. The van der Waals surface area contributed by atoms with Crippen LogP contribution in [-0.4, -0.2) is 44.7 Å². The van der Waals surface area contributed by atoms with Crippen LogP contribution in [-0.2, 0) is 16.1 Å². The highest BCUT2D eigenvalue weighted by Crippen LogP contribution is 2.27. The van der Waals surface area contributed by atoms with E-state index in [1.807, 2.05) is 26.0 Å². The molecule has 6 nitrogen and oxygen atoms in total. The van der Waals surface area contributed by atoms with E-state index in [-0.39, 0.29) is 18.1 Å². The van der Waals surface area contributed by atoms with Crippen molar-refractivity contribution < 1.29 is 23.8 Å². The van der Waals surface area contributed by atoms with Gasteiger partial charge in [0.15, 0.2) is 18.1 Å². The SMILES string of the molecule is COc1ccc(C(=O)OCC(=O)N(C)Cc2ccc(C)cc2C)cc1OC. The van der Waals surface area contributed by atoms with Crippen LogP contribution in [0.25, 0.3) is 0 Å². The lowest BCUT2D eigenvalue weighted by Crippen LogP contribution is -2.31. The van der Waals surface area contributed by atoms with Gasteiger partial charge < -0.3 is 19.1 Å². The Bertz CT molecular complexity index is 831. The van der Waals surface area contributed by atoms with E-state index in [1.54, 1.807) is 24.1 Å². The number of esters is 1. The topological polar surface area (TPSA) is 65.1 Å². The number of methoxy groups -OCH3 is 2. The van der Waals surface area contributed by atoms with Crippen LogP contribution in [0.15, 0.2) is 36.4 Å². The molecule has 2 rings (SSSR count). The van der Waals surface area contributed by atoms with Gasteiger partial charge >= 0.3 is 5.97 Å². The number of benzene rings is 2. The van der Waals surface area contributed by atoms with Crippen LogP contribution in [0, 0.1) is 13.8 Å². The van der Waals surface area contributed by atoms with Crippen molar-refractivity contribution >= 4 is 11.9 Å². The fourth-order valence-electron chi connectivity index (χ4n) is 2.65. The lowest BCUT2D eigenvalue weighted by Gasteiger charge is -2.19. The molecule has 0 saturated carbocycles. The molecular formula is C21H25NO5. The highest BCUT2D eigenvalue weighted by atomic mass is 16.5. The Kier molecular flexibility index (Phi) is 6.82. The van der Waals surface area contributed by atoms with Gasteiger partial charge in [-0.1, -0.05) is 23.8 Å². The van der Waals surface area contributed by atoms with E-state index in [2.05, 4.69) is 6.07 Å². The van der Waals surface area contributed by atoms with Gasteiger partial charge in [-0.05, 0) is 43.2 Å². The maximum Gasteiger partial charge on any atom is 0.338 e. The van der Waals surface area contributed by atoms with Crippen molar-refractivity contribution in [2.24, 2.45) is 0 Å². The summed E-state index contributed by atoms with van der Waals surface area (Å²) in [5.74, 6) is 0.0663. The third-order valence-corrected chi connectivity index (χ3v) is 4.28. The van der Waals surface area contributed by atoms with Crippen LogP contribution in [0.3, 0.4) is 0 Å². The second-order valence-electron chi connectivity index (χ2n) is 6.33. The predicted octanol–water partition coefficient (Wildman–Crippen LogP) is 3.14. The first-order chi connectivity index (χ1) is 12.8. The van der Waals surface area contributed by atoms with E-state index in [0.29, 0.717) is 18.0 Å². The van der Waals surface area contributed by atoms with Crippen molar-refractivity contribution in [3.63, 3.8) is 0 Å². The van der Waals surface area contributed by atoms with Crippen molar-refractivity contribution in [3.05, 3.63) is 58.7 Å². The number of hydrogen-bond acceptors (Lipinski definition) is 5. The number of hydrogen-bond donors (Lipinski definition) is 0. The number of likely N-dealkylation sites (N-methyl/N-ethyl adjacent to an activating group) is 1. The van der Waals surface area contributed by atoms with Crippen LogP contribution in [0.1, 0.15) is 27.0 Å². The minimum absolute atomic E-state index is 0.274. The maximum atomic E-state index is 12.3. The first-order valence-electron chi connectivity index (χ1n) is 8.55. The molecule has 0 N–H and O–H groups in total. The molecule has 144 valence electrons. The Labute approximate surface area is 159 Å². The molecule has 0 atom stereocenters. The Morgan fingerprint density at radius 3 is 2.30 bits per heavy atom. The summed E-state index contributed by atoms with van der Waals surface area (Å²) in [5, 5.41) is 0. The van der Waals surface area contributed by atoms with Crippen LogP contribution < -0.4 is 9.47 Å². The molecule has 1 amide bonds. The maximum absolute atomic E-state index is 12.3. The zero-order chi connectivity index (χ0) is 20.0. The van der Waals surface area contributed by atoms with Crippen molar-refractivity contribution in [2.75, 3.05) is 27.9 Å². The molecule has 0 bridgehead atoms. The Balaban J connectivity index is 1.95. The summed E-state index contributed by atoms with van der Waals surface area (Å²) in [7, 11) is 4.69. The van der Waals surface area contributed by atoms with Crippen LogP contribution in [0.4, 0.5) is 0 Å². The zero-order valence-electron chi connectivity index (χ0n) is 16.4. The molecule has 0 aromatic heterocycles. The second-order valence-corrected chi connectivity index (χ2v) is 6.33. The average Bonchev–Trinajstić information content (AvgIpc) is 2.67. The van der Waals surface area contributed by atoms with E-state index >= 15 is 0 Å². The van der Waals surface area contributed by atoms with Gasteiger partial charge in [-0.15, -0.1) is 0 Å². The lowest BCUT2D eigenvalue weighted by molar-refractivity contribution is -0.133. The molecule has 2 aromatic carbocycles. The fraction of sp³-hybridized carbons (Fsp3) is 0.333. The molecule has 0 aliphatic carbocycles. The second kappa shape index (κ2) is 9.07. The molecule has 0 aliphatic heterocycles. The van der Waals surface area contributed by atoms with Gasteiger partial charge in [0.25, 0.3) is 5.91 Å². The van der Waals surface area contributed by atoms with Crippen molar-refractivity contribution in [3.8, 4) is 11.5 Å². The van der Waals surface area contributed by atoms with Crippen LogP contribution >= 0.6 is 0 Å². The van der Waals surface area contributed by atoms with E-state index in [0.717, 1.165) is 11.1 Å². The van der Waals surface area contributed by atoms with Crippen LogP contribution in [0.5, 0.6) is 11.5 Å². The average molecular weight is 371 g/mol. The molecule has 0 heterocycles. The molecule has 0 fully saturated rings. The number of ether oxygens (including phenoxy) is 3. The van der Waals surface area contributed by atoms with E-state index < -0.39 is 5.97 Å². The van der Waals surface area contributed by atoms with E-state index in [4.69, 9.17) is 14.2 Å². The van der Waals surface area contributed by atoms with Gasteiger partial charge in [-0.2, -0.15) is 0 Å². The molecule has 6 heteroatoms. The van der Waals surface area contributed by atoms with Gasteiger partial charge in [-0.3, -0.25) is 4.79 Å². The normalized spacial score (nSPS) is 10.3. The number of rotatable bonds is 7. The lowest BCUT2D eigenvalue weighted by atomic mass is 10.1. The van der Waals surface area contributed by atoms with Gasteiger partial charge in [-0.25, -0.2) is 4.79 Å². The standard InChI is InChI=1S/C21H25NO5/c1-14-6-7-17(15(2)10-14)12-22(3)20(23)13-27-21(24)16-8-9-18(25-4)19(11-16)26-5/h6-11H,12-13H2,1-5H3. The van der Waals surface area contributed by atoms with Crippen molar-refractivity contribution in [1.29, 1.82) is 0 Å². The molecule has 0 aliphatic rings. The van der Waals surface area contributed by atoms with Gasteiger partial charge in [0, 0.05) is 13.6 Å². The summed E-state index contributed by atoms with van der Waals surface area (Å²) >= 11 is 0. The first-order valence-corrected chi connectivity index (χ1v) is 8.55. The van der Waals surface area contributed by atoms with Crippen molar-refractivity contribution in [2.45, 2.75) is 20.4 Å². The Morgan fingerprint density at radius 1 is 0.963 bits per heavy atom. The van der Waals surface area contributed by atoms with Crippen LogP contribution in [0.2, 0.25) is 0 Å². The largest absolute Gasteiger partial charge is 0.493 e. The van der Waals surface area contributed by atoms with Crippen molar-refractivity contribution in [1.82, 2.24) is 4.90 Å². The number of nitrogens with zero attached hydrogens (tertiary/aromatic N) is 1. The molecule has 27 heavy (non-hydrogen) atoms. The highest BCUT2D eigenvalue weighted by molar-refractivity contribution is 5.92. The highest BCUT2D eigenvalue weighted by Gasteiger charge is 2.16. The third-order valence-electron chi connectivity index (χ3n) is 4.28. The van der Waals surface area contributed by atoms with Gasteiger partial charge in [0.05, 0.1) is 19.8 Å².